The van der Waals surface area contributed by atoms with E-state index in [1.54, 1.807) is 49.4 Å². The van der Waals surface area contributed by atoms with Gasteiger partial charge in [-0.3, -0.25) is 13.9 Å². The van der Waals surface area contributed by atoms with Crippen molar-refractivity contribution in [3.63, 3.8) is 0 Å². The lowest BCUT2D eigenvalue weighted by molar-refractivity contribution is -0.139. The largest absolute Gasteiger partial charge is 0.494 e. The number of carbonyl (C=O) groups is 2. The quantitative estimate of drug-likeness (QED) is 0.292. The predicted octanol–water partition coefficient (Wildman–Crippen LogP) is 4.99. The van der Waals surface area contributed by atoms with Crippen molar-refractivity contribution in [3.05, 3.63) is 88.9 Å². The second kappa shape index (κ2) is 14.1. The molecule has 8 nitrogen and oxygen atoms in total. The van der Waals surface area contributed by atoms with E-state index in [0.29, 0.717) is 24.6 Å². The van der Waals surface area contributed by atoms with E-state index in [1.165, 1.54) is 17.0 Å². The van der Waals surface area contributed by atoms with Crippen LogP contribution in [0.4, 0.5) is 5.69 Å². The van der Waals surface area contributed by atoms with Gasteiger partial charge in [-0.25, -0.2) is 8.42 Å². The molecule has 39 heavy (non-hydrogen) atoms. The molecular weight excluding hydrogens is 582 g/mol. The number of rotatable bonds is 13. The number of amides is 2. The molecule has 0 radical (unpaired) electrons. The van der Waals surface area contributed by atoms with Crippen LogP contribution in [0.5, 0.6) is 5.75 Å². The van der Waals surface area contributed by atoms with E-state index in [-0.39, 0.29) is 17.3 Å². The van der Waals surface area contributed by atoms with Crippen LogP contribution in [0.3, 0.4) is 0 Å². The van der Waals surface area contributed by atoms with E-state index >= 15 is 0 Å². The van der Waals surface area contributed by atoms with Gasteiger partial charge in [-0.05, 0) is 74.4 Å². The molecule has 0 fully saturated rings. The number of ether oxygens (including phenoxy) is 1. The topological polar surface area (TPSA) is 96.0 Å². The first-order valence-corrected chi connectivity index (χ1v) is 15.0. The highest BCUT2D eigenvalue weighted by molar-refractivity contribution is 9.10. The predicted molar refractivity (Wildman–Crippen MR) is 156 cm³/mol. The van der Waals surface area contributed by atoms with Gasteiger partial charge in [0.25, 0.3) is 10.0 Å². The van der Waals surface area contributed by atoms with Gasteiger partial charge in [-0.15, -0.1) is 0 Å². The van der Waals surface area contributed by atoms with Gasteiger partial charge in [0.1, 0.15) is 18.3 Å². The van der Waals surface area contributed by atoms with Crippen LogP contribution in [0, 0.1) is 0 Å². The van der Waals surface area contributed by atoms with Gasteiger partial charge in [-0.1, -0.05) is 53.2 Å². The van der Waals surface area contributed by atoms with Crippen LogP contribution in [0.2, 0.25) is 0 Å². The van der Waals surface area contributed by atoms with Crippen molar-refractivity contribution in [1.29, 1.82) is 0 Å². The second-order valence-corrected chi connectivity index (χ2v) is 11.6. The minimum absolute atomic E-state index is 0.0230. The molecule has 0 aliphatic carbocycles. The Morgan fingerprint density at radius 3 is 2.28 bits per heavy atom. The zero-order chi connectivity index (χ0) is 28.4. The van der Waals surface area contributed by atoms with E-state index < -0.39 is 28.5 Å². The van der Waals surface area contributed by atoms with Crippen LogP contribution in [-0.4, -0.2) is 50.9 Å². The van der Waals surface area contributed by atoms with E-state index in [2.05, 4.69) is 21.2 Å². The third-order valence-corrected chi connectivity index (χ3v) is 8.29. The summed E-state index contributed by atoms with van der Waals surface area (Å²) in [5.74, 6) is -0.265. The summed E-state index contributed by atoms with van der Waals surface area (Å²) in [4.78, 5) is 28.2. The SMILES string of the molecule is CCCNC(=O)C(C)N(Cc1cccc(Br)c1)C(=O)CN(c1ccccc1)S(=O)(=O)c1ccc(OCC)cc1. The highest BCUT2D eigenvalue weighted by Gasteiger charge is 2.32. The molecule has 3 rings (SSSR count). The summed E-state index contributed by atoms with van der Waals surface area (Å²) in [5.41, 5.74) is 1.14. The van der Waals surface area contributed by atoms with Crippen LogP contribution in [-0.2, 0) is 26.2 Å². The fraction of sp³-hybridized carbons (Fsp3) is 0.310. The fourth-order valence-electron chi connectivity index (χ4n) is 3.94. The summed E-state index contributed by atoms with van der Waals surface area (Å²) in [7, 11) is -4.13. The lowest BCUT2D eigenvalue weighted by atomic mass is 10.1. The van der Waals surface area contributed by atoms with Crippen LogP contribution in [0.25, 0.3) is 0 Å². The molecule has 1 N–H and O–H groups in total. The molecule has 0 spiro atoms. The molecule has 2 amide bonds. The lowest BCUT2D eigenvalue weighted by Gasteiger charge is -2.32. The van der Waals surface area contributed by atoms with E-state index in [9.17, 15) is 18.0 Å². The molecule has 0 heterocycles. The molecule has 0 aromatic heterocycles. The van der Waals surface area contributed by atoms with Crippen LogP contribution < -0.4 is 14.4 Å². The molecule has 10 heteroatoms. The number of halogens is 1. The Morgan fingerprint density at radius 1 is 0.974 bits per heavy atom. The minimum Gasteiger partial charge on any atom is -0.494 e. The van der Waals surface area contributed by atoms with E-state index in [0.717, 1.165) is 20.8 Å². The number of nitrogens with zero attached hydrogens (tertiary/aromatic N) is 2. The normalized spacial score (nSPS) is 11.9. The van der Waals surface area contributed by atoms with Crippen LogP contribution in [0.1, 0.15) is 32.8 Å². The number of anilines is 1. The van der Waals surface area contributed by atoms with E-state index in [4.69, 9.17) is 4.74 Å². The van der Waals surface area contributed by atoms with Crippen molar-refractivity contribution in [2.75, 3.05) is 24.0 Å². The van der Waals surface area contributed by atoms with Gasteiger partial charge in [0.2, 0.25) is 11.8 Å². The van der Waals surface area contributed by atoms with Crippen molar-refractivity contribution < 1.29 is 22.7 Å². The maximum atomic E-state index is 13.9. The monoisotopic (exact) mass is 615 g/mol. The van der Waals surface area contributed by atoms with Crippen molar-refractivity contribution >= 4 is 43.5 Å². The third kappa shape index (κ3) is 8.06. The number of para-hydroxylation sites is 1. The molecule has 1 atom stereocenters. The first kappa shape index (κ1) is 30.2. The molecular formula is C29H34BrN3O5S. The summed E-state index contributed by atoms with van der Waals surface area (Å²) >= 11 is 3.45. The Labute approximate surface area is 239 Å². The number of benzene rings is 3. The summed E-state index contributed by atoms with van der Waals surface area (Å²) < 4.78 is 35.0. The van der Waals surface area contributed by atoms with Crippen molar-refractivity contribution in [1.82, 2.24) is 10.2 Å². The zero-order valence-corrected chi connectivity index (χ0v) is 24.7. The van der Waals surface area contributed by atoms with Crippen molar-refractivity contribution in [3.8, 4) is 5.75 Å². The van der Waals surface area contributed by atoms with Gasteiger partial charge in [0.15, 0.2) is 0 Å². The number of hydrogen-bond acceptors (Lipinski definition) is 5. The fourth-order valence-corrected chi connectivity index (χ4v) is 5.80. The molecule has 0 aliphatic rings. The Bertz CT molecular complexity index is 1350. The lowest BCUT2D eigenvalue weighted by Crippen LogP contribution is -2.51. The maximum absolute atomic E-state index is 13.9. The van der Waals surface area contributed by atoms with Crippen molar-refractivity contribution in [2.24, 2.45) is 0 Å². The highest BCUT2D eigenvalue weighted by Crippen LogP contribution is 2.26. The van der Waals surface area contributed by atoms with E-state index in [1.807, 2.05) is 38.1 Å². The maximum Gasteiger partial charge on any atom is 0.264 e. The van der Waals surface area contributed by atoms with Gasteiger partial charge in [0, 0.05) is 17.6 Å². The molecule has 0 aliphatic heterocycles. The van der Waals surface area contributed by atoms with Crippen molar-refractivity contribution in [2.45, 2.75) is 44.7 Å². The Balaban J connectivity index is 1.98. The van der Waals surface area contributed by atoms with Gasteiger partial charge < -0.3 is 15.0 Å². The number of carbonyl (C=O) groups excluding carboxylic acids is 2. The molecule has 0 bridgehead atoms. The van der Waals surface area contributed by atoms with Gasteiger partial charge >= 0.3 is 0 Å². The number of sulfonamides is 1. The molecule has 0 saturated heterocycles. The van der Waals surface area contributed by atoms with Crippen LogP contribution in [0.15, 0.2) is 88.2 Å². The Hall–Kier alpha value is -3.37. The molecule has 3 aromatic carbocycles. The third-order valence-electron chi connectivity index (χ3n) is 6.00. The number of hydrogen-bond donors (Lipinski definition) is 1. The molecule has 1 unspecified atom stereocenters. The average molecular weight is 617 g/mol. The first-order valence-electron chi connectivity index (χ1n) is 12.8. The van der Waals surface area contributed by atoms with Gasteiger partial charge in [0.05, 0.1) is 17.2 Å². The summed E-state index contributed by atoms with van der Waals surface area (Å²) in [6.45, 7) is 6.01. The van der Waals surface area contributed by atoms with Gasteiger partial charge in [-0.2, -0.15) is 0 Å². The number of nitrogens with one attached hydrogen (secondary N) is 1. The molecule has 208 valence electrons. The average Bonchev–Trinajstić information content (AvgIpc) is 2.93. The minimum atomic E-state index is -4.13. The first-order chi connectivity index (χ1) is 18.7. The second-order valence-electron chi connectivity index (χ2n) is 8.87. The van der Waals surface area contributed by atoms with Crippen LogP contribution >= 0.6 is 15.9 Å². The standard InChI is InChI=1S/C29H34BrN3O5S/c1-4-18-31-29(35)22(3)32(20-23-10-9-11-24(30)19-23)28(34)21-33(25-12-7-6-8-13-25)39(36,37)27-16-14-26(15-17-27)38-5-2/h6-17,19,22H,4-5,18,20-21H2,1-3H3,(H,31,35). The Morgan fingerprint density at radius 2 is 1.67 bits per heavy atom. The smallest absolute Gasteiger partial charge is 0.264 e. The highest BCUT2D eigenvalue weighted by atomic mass is 79.9. The summed E-state index contributed by atoms with van der Waals surface area (Å²) in [6.07, 6.45) is 0.750. The molecule has 0 saturated carbocycles. The summed E-state index contributed by atoms with van der Waals surface area (Å²) in [5, 5.41) is 2.84. The Kier molecular flexibility index (Phi) is 10.9. The molecule has 3 aromatic rings. The summed E-state index contributed by atoms with van der Waals surface area (Å²) in [6, 6.07) is 21.1. The zero-order valence-electron chi connectivity index (χ0n) is 22.3.